The van der Waals surface area contributed by atoms with E-state index in [2.05, 4.69) is 39.5 Å². The minimum atomic E-state index is -0.243. The minimum Gasteiger partial charge on any atom is -0.369 e. The average Bonchev–Trinajstić information content (AvgIpc) is 2.33. The zero-order valence-corrected chi connectivity index (χ0v) is 13.9. The van der Waals surface area contributed by atoms with Gasteiger partial charge in [-0.05, 0) is 56.9 Å². The standard InChI is InChI=1S/C16H33N3O/c1-11(2)19(10-15(18)20)14-8-13(16(3,4)5)7-6-12(14)9-17/h11-14H,6-10,17H2,1-5H3,(H2,18,20). The Balaban J connectivity index is 2.91. The van der Waals surface area contributed by atoms with Gasteiger partial charge in [-0.1, -0.05) is 20.8 Å². The first-order valence-electron chi connectivity index (χ1n) is 7.91. The maximum atomic E-state index is 11.4. The summed E-state index contributed by atoms with van der Waals surface area (Å²) < 4.78 is 0. The molecule has 0 aromatic heterocycles. The van der Waals surface area contributed by atoms with Crippen LogP contribution in [0.3, 0.4) is 0 Å². The molecule has 0 aromatic rings. The van der Waals surface area contributed by atoms with E-state index in [4.69, 9.17) is 11.5 Å². The van der Waals surface area contributed by atoms with E-state index in [-0.39, 0.29) is 5.91 Å². The van der Waals surface area contributed by atoms with Crippen LogP contribution in [0, 0.1) is 17.3 Å². The SMILES string of the molecule is CC(C)N(CC(N)=O)C1CC(C(C)(C)C)CCC1CN. The number of hydrogen-bond acceptors (Lipinski definition) is 3. The number of rotatable bonds is 5. The van der Waals surface area contributed by atoms with E-state index < -0.39 is 0 Å². The molecule has 3 unspecified atom stereocenters. The highest BCUT2D eigenvalue weighted by atomic mass is 16.1. The van der Waals surface area contributed by atoms with Crippen LogP contribution in [0.1, 0.15) is 53.9 Å². The van der Waals surface area contributed by atoms with E-state index in [0.29, 0.717) is 42.4 Å². The van der Waals surface area contributed by atoms with Crippen molar-refractivity contribution in [2.75, 3.05) is 13.1 Å². The van der Waals surface area contributed by atoms with E-state index in [1.807, 2.05) is 0 Å². The summed E-state index contributed by atoms with van der Waals surface area (Å²) in [5.41, 5.74) is 11.7. The van der Waals surface area contributed by atoms with Crippen LogP contribution in [0.4, 0.5) is 0 Å². The van der Waals surface area contributed by atoms with Crippen LogP contribution in [-0.4, -0.2) is 36.0 Å². The Morgan fingerprint density at radius 1 is 1.30 bits per heavy atom. The summed E-state index contributed by atoms with van der Waals surface area (Å²) in [6, 6.07) is 0.700. The Morgan fingerprint density at radius 2 is 1.90 bits per heavy atom. The molecule has 4 N–H and O–H groups in total. The number of amides is 1. The number of primary amides is 1. The van der Waals surface area contributed by atoms with Gasteiger partial charge in [0.2, 0.25) is 5.91 Å². The van der Waals surface area contributed by atoms with Crippen molar-refractivity contribution in [1.82, 2.24) is 4.90 Å². The highest BCUT2D eigenvalue weighted by molar-refractivity contribution is 5.76. The fraction of sp³-hybridized carbons (Fsp3) is 0.938. The van der Waals surface area contributed by atoms with Gasteiger partial charge in [-0.3, -0.25) is 9.69 Å². The van der Waals surface area contributed by atoms with Crippen molar-refractivity contribution in [3.05, 3.63) is 0 Å². The number of nitrogens with zero attached hydrogens (tertiary/aromatic N) is 1. The summed E-state index contributed by atoms with van der Waals surface area (Å²) in [6.07, 6.45) is 3.52. The van der Waals surface area contributed by atoms with Gasteiger partial charge in [0.15, 0.2) is 0 Å². The van der Waals surface area contributed by atoms with Crippen LogP contribution >= 0.6 is 0 Å². The molecule has 0 saturated heterocycles. The van der Waals surface area contributed by atoms with Crippen molar-refractivity contribution in [2.24, 2.45) is 28.7 Å². The van der Waals surface area contributed by atoms with Crippen LogP contribution in [0.15, 0.2) is 0 Å². The third-order valence-electron chi connectivity index (χ3n) is 4.91. The summed E-state index contributed by atoms with van der Waals surface area (Å²) in [5.74, 6) is 0.923. The van der Waals surface area contributed by atoms with Crippen molar-refractivity contribution in [3.8, 4) is 0 Å². The van der Waals surface area contributed by atoms with Crippen molar-refractivity contribution < 1.29 is 4.79 Å². The van der Waals surface area contributed by atoms with Crippen LogP contribution in [-0.2, 0) is 4.79 Å². The molecule has 118 valence electrons. The lowest BCUT2D eigenvalue weighted by Gasteiger charge is -2.47. The Kier molecular flexibility index (Phi) is 6.02. The third kappa shape index (κ3) is 4.45. The zero-order chi connectivity index (χ0) is 15.5. The molecule has 4 heteroatoms. The molecule has 0 bridgehead atoms. The summed E-state index contributed by atoms with van der Waals surface area (Å²) in [4.78, 5) is 13.6. The van der Waals surface area contributed by atoms with E-state index in [0.717, 1.165) is 12.8 Å². The second-order valence-electron chi connectivity index (χ2n) is 7.67. The van der Waals surface area contributed by atoms with Gasteiger partial charge >= 0.3 is 0 Å². The van der Waals surface area contributed by atoms with Gasteiger partial charge in [0.25, 0.3) is 0 Å². The first kappa shape index (κ1) is 17.4. The smallest absolute Gasteiger partial charge is 0.231 e. The van der Waals surface area contributed by atoms with Gasteiger partial charge in [0, 0.05) is 12.1 Å². The Bertz CT molecular complexity index is 322. The molecule has 4 nitrogen and oxygen atoms in total. The Morgan fingerprint density at radius 3 is 2.30 bits per heavy atom. The van der Waals surface area contributed by atoms with Gasteiger partial charge in [-0.15, -0.1) is 0 Å². The van der Waals surface area contributed by atoms with Crippen molar-refractivity contribution in [1.29, 1.82) is 0 Å². The van der Waals surface area contributed by atoms with E-state index in [1.165, 1.54) is 6.42 Å². The molecule has 0 aromatic carbocycles. The van der Waals surface area contributed by atoms with Crippen LogP contribution in [0.5, 0.6) is 0 Å². The first-order valence-corrected chi connectivity index (χ1v) is 7.91. The summed E-state index contributed by atoms with van der Waals surface area (Å²) in [5, 5.41) is 0. The number of carbonyl (C=O) groups is 1. The highest BCUT2D eigenvalue weighted by Crippen LogP contribution is 2.41. The summed E-state index contributed by atoms with van der Waals surface area (Å²) in [6.45, 7) is 12.2. The lowest BCUT2D eigenvalue weighted by Crippen LogP contribution is -2.53. The number of hydrogen-bond donors (Lipinski definition) is 2. The van der Waals surface area contributed by atoms with Crippen molar-refractivity contribution in [2.45, 2.75) is 66.0 Å². The van der Waals surface area contributed by atoms with Crippen molar-refractivity contribution >= 4 is 5.91 Å². The van der Waals surface area contributed by atoms with Gasteiger partial charge < -0.3 is 11.5 Å². The fourth-order valence-electron chi connectivity index (χ4n) is 3.54. The highest BCUT2D eigenvalue weighted by Gasteiger charge is 2.38. The minimum absolute atomic E-state index is 0.243. The molecule has 0 heterocycles. The van der Waals surface area contributed by atoms with Crippen LogP contribution in [0.25, 0.3) is 0 Å². The molecule has 0 radical (unpaired) electrons. The second kappa shape index (κ2) is 6.90. The van der Waals surface area contributed by atoms with Gasteiger partial charge in [-0.25, -0.2) is 0 Å². The largest absolute Gasteiger partial charge is 0.369 e. The normalized spacial score (nSPS) is 28.1. The zero-order valence-electron chi connectivity index (χ0n) is 13.9. The maximum Gasteiger partial charge on any atom is 0.231 e. The molecule has 1 fully saturated rings. The van der Waals surface area contributed by atoms with E-state index in [1.54, 1.807) is 0 Å². The molecule has 1 rings (SSSR count). The molecule has 20 heavy (non-hydrogen) atoms. The molecule has 1 saturated carbocycles. The molecular formula is C16H33N3O. The van der Waals surface area contributed by atoms with Gasteiger partial charge in [-0.2, -0.15) is 0 Å². The molecule has 1 amide bonds. The average molecular weight is 283 g/mol. The van der Waals surface area contributed by atoms with Gasteiger partial charge in [0.1, 0.15) is 0 Å². The lowest BCUT2D eigenvalue weighted by atomic mass is 9.67. The quantitative estimate of drug-likeness (QED) is 0.810. The second-order valence-corrected chi connectivity index (χ2v) is 7.67. The third-order valence-corrected chi connectivity index (χ3v) is 4.91. The van der Waals surface area contributed by atoms with E-state index >= 15 is 0 Å². The van der Waals surface area contributed by atoms with E-state index in [9.17, 15) is 4.79 Å². The molecule has 0 spiro atoms. The predicted molar refractivity (Wildman–Crippen MR) is 84.2 cm³/mol. The number of nitrogens with two attached hydrogens (primary N) is 2. The van der Waals surface area contributed by atoms with Crippen LogP contribution < -0.4 is 11.5 Å². The van der Waals surface area contributed by atoms with Crippen LogP contribution in [0.2, 0.25) is 0 Å². The molecule has 0 aliphatic heterocycles. The maximum absolute atomic E-state index is 11.4. The van der Waals surface area contributed by atoms with Crippen molar-refractivity contribution in [3.63, 3.8) is 0 Å². The predicted octanol–water partition coefficient (Wildman–Crippen LogP) is 1.97. The number of carbonyl (C=O) groups excluding carboxylic acids is 1. The molecule has 3 atom stereocenters. The fourth-order valence-corrected chi connectivity index (χ4v) is 3.54. The molecule has 1 aliphatic carbocycles. The Labute approximate surface area is 124 Å². The molecular weight excluding hydrogens is 250 g/mol. The monoisotopic (exact) mass is 283 g/mol. The molecule has 1 aliphatic rings. The Hall–Kier alpha value is -0.610. The lowest BCUT2D eigenvalue weighted by molar-refractivity contribution is -0.121. The van der Waals surface area contributed by atoms with Gasteiger partial charge in [0.05, 0.1) is 6.54 Å². The summed E-state index contributed by atoms with van der Waals surface area (Å²) in [7, 11) is 0. The summed E-state index contributed by atoms with van der Waals surface area (Å²) >= 11 is 0. The topological polar surface area (TPSA) is 72.3 Å². The first-order chi connectivity index (χ1) is 9.16.